The minimum atomic E-state index is 0.514. The summed E-state index contributed by atoms with van der Waals surface area (Å²) >= 11 is 6.06. The molecule has 0 aliphatic rings. The topological polar surface area (TPSA) is 35.2 Å². The Balaban J connectivity index is 3.39. The van der Waals surface area contributed by atoms with Crippen molar-refractivity contribution in [2.75, 3.05) is 7.11 Å². The van der Waals surface area contributed by atoms with E-state index in [1.165, 1.54) is 0 Å². The van der Waals surface area contributed by atoms with Gasteiger partial charge in [0.2, 0.25) is 0 Å². The summed E-state index contributed by atoms with van der Waals surface area (Å²) < 4.78 is 5.21. The highest BCUT2D eigenvalue weighted by Crippen LogP contribution is 2.33. The van der Waals surface area contributed by atoms with Crippen molar-refractivity contribution >= 4 is 11.6 Å². The van der Waals surface area contributed by atoms with Crippen LogP contribution in [0.2, 0.25) is 5.02 Å². The smallest absolute Gasteiger partial charge is 0.140 e. The molecule has 0 atom stereocenters. The molecular formula is C10H14ClNO. The van der Waals surface area contributed by atoms with E-state index in [0.717, 1.165) is 22.4 Å². The molecule has 1 aromatic carbocycles. The molecule has 3 heteroatoms. The molecule has 0 amide bonds. The maximum atomic E-state index is 6.06. The van der Waals surface area contributed by atoms with Gasteiger partial charge >= 0.3 is 0 Å². The molecule has 0 aliphatic heterocycles. The number of benzene rings is 1. The quantitative estimate of drug-likeness (QED) is 0.794. The molecule has 1 rings (SSSR count). The van der Waals surface area contributed by atoms with Crippen molar-refractivity contribution in [3.8, 4) is 5.75 Å². The molecule has 0 saturated heterocycles. The van der Waals surface area contributed by atoms with Crippen LogP contribution in [0.5, 0.6) is 5.75 Å². The van der Waals surface area contributed by atoms with Crippen LogP contribution < -0.4 is 10.5 Å². The Labute approximate surface area is 83.6 Å². The van der Waals surface area contributed by atoms with Crippen LogP contribution >= 0.6 is 11.6 Å². The molecule has 0 heterocycles. The second kappa shape index (κ2) is 3.99. The molecule has 0 fully saturated rings. The normalized spacial score (nSPS) is 10.2. The summed E-state index contributed by atoms with van der Waals surface area (Å²) in [4.78, 5) is 0. The van der Waals surface area contributed by atoms with Crippen LogP contribution in [-0.4, -0.2) is 7.11 Å². The zero-order valence-electron chi connectivity index (χ0n) is 8.15. The first-order valence-corrected chi connectivity index (χ1v) is 4.52. The summed E-state index contributed by atoms with van der Waals surface area (Å²) in [5.41, 5.74) is 8.71. The number of aryl methyl sites for hydroxylation is 1. The molecule has 0 aliphatic carbocycles. The van der Waals surface area contributed by atoms with Crippen molar-refractivity contribution in [2.24, 2.45) is 5.73 Å². The summed E-state index contributed by atoms with van der Waals surface area (Å²) in [5, 5.41) is 0.678. The molecule has 2 N–H and O–H groups in total. The molecule has 0 aromatic heterocycles. The van der Waals surface area contributed by atoms with Crippen LogP contribution in [0.15, 0.2) is 6.07 Å². The lowest BCUT2D eigenvalue weighted by atomic mass is 10.0. The van der Waals surface area contributed by atoms with Crippen LogP contribution in [0.4, 0.5) is 0 Å². The predicted molar refractivity (Wildman–Crippen MR) is 55.4 cm³/mol. The van der Waals surface area contributed by atoms with E-state index in [4.69, 9.17) is 22.1 Å². The Hall–Kier alpha value is -0.730. The molecule has 0 spiro atoms. The fourth-order valence-electron chi connectivity index (χ4n) is 1.38. The zero-order valence-corrected chi connectivity index (χ0v) is 8.90. The molecule has 13 heavy (non-hydrogen) atoms. The van der Waals surface area contributed by atoms with Gasteiger partial charge in [0.05, 0.1) is 12.1 Å². The van der Waals surface area contributed by atoms with E-state index in [2.05, 4.69) is 0 Å². The number of methoxy groups -OCH3 is 1. The third-order valence-corrected chi connectivity index (χ3v) is 2.65. The van der Waals surface area contributed by atoms with E-state index in [0.29, 0.717) is 11.6 Å². The maximum Gasteiger partial charge on any atom is 0.140 e. The molecular weight excluding hydrogens is 186 g/mol. The number of hydrogen-bond donors (Lipinski definition) is 1. The lowest BCUT2D eigenvalue weighted by Gasteiger charge is -2.13. The van der Waals surface area contributed by atoms with E-state index in [9.17, 15) is 0 Å². The van der Waals surface area contributed by atoms with Crippen molar-refractivity contribution in [3.63, 3.8) is 0 Å². The average Bonchev–Trinajstić information content (AvgIpc) is 2.12. The van der Waals surface area contributed by atoms with Crippen molar-refractivity contribution in [1.29, 1.82) is 0 Å². The lowest BCUT2D eigenvalue weighted by molar-refractivity contribution is 0.411. The standard InChI is InChI=1S/C10H14ClNO/c1-6-4-8(5-12)7(2)10(13-3)9(6)11/h4H,5,12H2,1-3H3. The largest absolute Gasteiger partial charge is 0.495 e. The van der Waals surface area contributed by atoms with E-state index >= 15 is 0 Å². The third-order valence-electron chi connectivity index (χ3n) is 2.18. The Morgan fingerprint density at radius 1 is 1.46 bits per heavy atom. The fraction of sp³-hybridized carbons (Fsp3) is 0.400. The molecule has 0 bridgehead atoms. The molecule has 72 valence electrons. The highest BCUT2D eigenvalue weighted by molar-refractivity contribution is 6.33. The number of nitrogens with two attached hydrogens (primary N) is 1. The van der Waals surface area contributed by atoms with Crippen LogP contribution in [0, 0.1) is 13.8 Å². The predicted octanol–water partition coefficient (Wildman–Crippen LogP) is 2.42. The monoisotopic (exact) mass is 199 g/mol. The van der Waals surface area contributed by atoms with Gasteiger partial charge in [-0.1, -0.05) is 17.7 Å². The minimum Gasteiger partial charge on any atom is -0.495 e. The van der Waals surface area contributed by atoms with Gasteiger partial charge < -0.3 is 10.5 Å². The van der Waals surface area contributed by atoms with E-state index in [1.807, 2.05) is 19.9 Å². The highest BCUT2D eigenvalue weighted by Gasteiger charge is 2.10. The van der Waals surface area contributed by atoms with Crippen LogP contribution in [0.1, 0.15) is 16.7 Å². The number of ether oxygens (including phenoxy) is 1. The van der Waals surface area contributed by atoms with Gasteiger partial charge in [-0.05, 0) is 30.5 Å². The minimum absolute atomic E-state index is 0.514. The van der Waals surface area contributed by atoms with Gasteiger partial charge in [-0.25, -0.2) is 0 Å². The second-order valence-corrected chi connectivity index (χ2v) is 3.41. The molecule has 0 radical (unpaired) electrons. The average molecular weight is 200 g/mol. The zero-order chi connectivity index (χ0) is 10.0. The summed E-state index contributed by atoms with van der Waals surface area (Å²) in [7, 11) is 1.62. The van der Waals surface area contributed by atoms with Gasteiger partial charge in [-0.3, -0.25) is 0 Å². The summed E-state index contributed by atoms with van der Waals surface area (Å²) in [6.07, 6.45) is 0. The SMILES string of the molecule is COc1c(C)c(CN)cc(C)c1Cl. The highest BCUT2D eigenvalue weighted by atomic mass is 35.5. The molecule has 1 aromatic rings. The van der Waals surface area contributed by atoms with Gasteiger partial charge in [-0.15, -0.1) is 0 Å². The third kappa shape index (κ3) is 1.79. The Morgan fingerprint density at radius 3 is 2.54 bits per heavy atom. The Kier molecular flexibility index (Phi) is 3.17. The molecule has 0 saturated carbocycles. The van der Waals surface area contributed by atoms with Gasteiger partial charge in [0.1, 0.15) is 5.75 Å². The van der Waals surface area contributed by atoms with Crippen LogP contribution in [0.3, 0.4) is 0 Å². The van der Waals surface area contributed by atoms with Crippen molar-refractivity contribution in [2.45, 2.75) is 20.4 Å². The van der Waals surface area contributed by atoms with Gasteiger partial charge in [0.15, 0.2) is 0 Å². The number of rotatable bonds is 2. The van der Waals surface area contributed by atoms with E-state index in [1.54, 1.807) is 7.11 Å². The van der Waals surface area contributed by atoms with Gasteiger partial charge in [-0.2, -0.15) is 0 Å². The van der Waals surface area contributed by atoms with E-state index in [-0.39, 0.29) is 0 Å². The van der Waals surface area contributed by atoms with Crippen molar-refractivity contribution in [3.05, 3.63) is 27.8 Å². The van der Waals surface area contributed by atoms with E-state index < -0.39 is 0 Å². The van der Waals surface area contributed by atoms with Crippen molar-refractivity contribution < 1.29 is 4.74 Å². The summed E-state index contributed by atoms with van der Waals surface area (Å²) in [5.74, 6) is 0.738. The van der Waals surface area contributed by atoms with Gasteiger partial charge in [0.25, 0.3) is 0 Å². The summed E-state index contributed by atoms with van der Waals surface area (Å²) in [6, 6.07) is 2.00. The first-order valence-electron chi connectivity index (χ1n) is 4.14. The number of halogens is 1. The Bertz CT molecular complexity index is 323. The molecule has 0 unspecified atom stereocenters. The first-order chi connectivity index (χ1) is 6.11. The Morgan fingerprint density at radius 2 is 2.08 bits per heavy atom. The molecule has 2 nitrogen and oxygen atoms in total. The van der Waals surface area contributed by atoms with Crippen LogP contribution in [0.25, 0.3) is 0 Å². The summed E-state index contributed by atoms with van der Waals surface area (Å²) in [6.45, 7) is 4.43. The van der Waals surface area contributed by atoms with Crippen molar-refractivity contribution in [1.82, 2.24) is 0 Å². The van der Waals surface area contributed by atoms with Gasteiger partial charge in [0, 0.05) is 6.54 Å². The second-order valence-electron chi connectivity index (χ2n) is 3.03. The first kappa shape index (κ1) is 10.4. The lowest BCUT2D eigenvalue weighted by Crippen LogP contribution is -2.02. The maximum absolute atomic E-state index is 6.06. The van der Waals surface area contributed by atoms with Crippen LogP contribution in [-0.2, 0) is 6.54 Å². The fourth-order valence-corrected chi connectivity index (χ4v) is 1.65. The number of hydrogen-bond acceptors (Lipinski definition) is 2.